The first-order valence-corrected chi connectivity index (χ1v) is 51.0. The van der Waals surface area contributed by atoms with Crippen molar-refractivity contribution in [2.45, 2.75) is 353 Å². The van der Waals surface area contributed by atoms with Gasteiger partial charge in [-0.15, -0.1) is 0 Å². The van der Waals surface area contributed by atoms with E-state index in [2.05, 4.69) is 66.8 Å². The standard InChI is InChI=1S/2C19H23F2N3O2.2C13H18BrF2N3O2.2C13H19F2N3O2.C12H18N2O2/c1-19(2,3)26-18(25)23-10-9-15-14(11-23)22-17(24(15)12-16(20)21)13-7-5-4-6-8-13;1-19(2,3)26-18(25)23-10-9-14-15(11-23)24(12-16(20)21)17(22-14)13-7-5-4-6-8-13;1-13(2,3)21-12(20)18-5-4-9-8(6-18)17-11(14)19(9)7-10(15)16;1-13(2,3)21-12(20)18-5-4-8-9(6-18)19(7-10(15)16)11(14)17-8;1-13(2,3)20-12(19)17-5-4-10-9(6-17)16-8-18(10)7-11(14)15;1-13(2,3)20-12(19)17-5-4-9-10(6-17)18(8-16-9)7-11(14)15;1-12(2,3)16-11(15)14-7-5-9-4-6-13-10(9)8-14/h2*4-8,16H,9-12H2,1-3H3;2*10H,4-7H2,1-3H3;2*8,11H,4-7H2,1-3H3;6H,4-5,7-8H2,1-3H3. The molecule has 0 aliphatic carbocycles. The number of carbonyl (C=O) groups is 7. The molecule has 34 nitrogen and oxygen atoms in total. The summed E-state index contributed by atoms with van der Waals surface area (Å²) in [4.78, 5) is 126. The Bertz CT molecular complexity index is 5940. The van der Waals surface area contributed by atoms with Gasteiger partial charge in [-0.25, -0.2) is 116 Å². The summed E-state index contributed by atoms with van der Waals surface area (Å²) >= 11 is 6.39. The van der Waals surface area contributed by atoms with Gasteiger partial charge in [-0.3, -0.25) is 4.99 Å². The van der Waals surface area contributed by atoms with Crippen LogP contribution in [0.15, 0.2) is 99.0 Å². The Balaban J connectivity index is 0.000000180. The zero-order chi connectivity index (χ0) is 111. The highest BCUT2D eigenvalue weighted by atomic mass is 79.9. The molecule has 6 aromatic heterocycles. The number of amides is 7. The fraction of sp³-hybridized carbons (Fsp3) is 0.608. The number of imidazole rings is 6. The molecule has 8 aromatic rings. The molecule has 150 heavy (non-hydrogen) atoms. The number of hydrogen-bond donors (Lipinski definition) is 0. The second-order valence-corrected chi connectivity index (χ2v) is 44.9. The maximum absolute atomic E-state index is 13.2. The third kappa shape index (κ3) is 36.2. The monoisotopic (exact) mass is 2250 g/mol. The number of aliphatic imine (C=N–C) groups is 1. The summed E-state index contributed by atoms with van der Waals surface area (Å²) in [5.74, 6) is 1.03. The van der Waals surface area contributed by atoms with E-state index in [1.165, 1.54) is 50.9 Å². The van der Waals surface area contributed by atoms with E-state index >= 15 is 0 Å². The van der Waals surface area contributed by atoms with Crippen LogP contribution in [-0.4, -0.2) is 271 Å². The lowest BCUT2D eigenvalue weighted by Crippen LogP contribution is -2.40. The lowest BCUT2D eigenvalue weighted by Gasteiger charge is -2.30. The van der Waals surface area contributed by atoms with E-state index in [4.69, 9.17) is 33.2 Å². The molecule has 0 N–H and O–H groups in total. The second-order valence-electron chi connectivity index (χ2n) is 43.4. The Morgan fingerprint density at radius 2 is 0.560 bits per heavy atom. The van der Waals surface area contributed by atoms with Crippen molar-refractivity contribution in [2.75, 3.05) is 52.4 Å². The average Bonchev–Trinajstić information content (AvgIpc) is 1.63. The summed E-state index contributed by atoms with van der Waals surface area (Å²) in [6.45, 7) is 41.2. The summed E-state index contributed by atoms with van der Waals surface area (Å²) in [6.07, 6.45) is -7.78. The summed E-state index contributed by atoms with van der Waals surface area (Å²) in [5, 5.41) is 0. The Morgan fingerprint density at radius 3 is 0.940 bits per heavy atom. The molecule has 7 amide bonds. The van der Waals surface area contributed by atoms with Gasteiger partial charge in [0.15, 0.2) is 9.47 Å². The Hall–Kier alpha value is -11.9. The fourth-order valence-electron chi connectivity index (χ4n) is 16.7. The molecule has 0 atom stereocenters. The maximum atomic E-state index is 13.2. The van der Waals surface area contributed by atoms with Gasteiger partial charge in [0.2, 0.25) is 0 Å². The summed E-state index contributed by atoms with van der Waals surface area (Å²) in [7, 11) is 0. The van der Waals surface area contributed by atoms with Crippen LogP contribution in [0.3, 0.4) is 0 Å². The van der Waals surface area contributed by atoms with Crippen molar-refractivity contribution in [1.82, 2.24) is 91.6 Å². The Labute approximate surface area is 882 Å². The van der Waals surface area contributed by atoms with E-state index in [1.54, 1.807) is 133 Å². The van der Waals surface area contributed by atoms with Crippen LogP contribution in [0.2, 0.25) is 0 Å². The van der Waals surface area contributed by atoms with Crippen LogP contribution in [0.1, 0.15) is 227 Å². The van der Waals surface area contributed by atoms with Crippen LogP contribution in [0, 0.1) is 0 Å². The highest BCUT2D eigenvalue weighted by Gasteiger charge is 2.39. The Morgan fingerprint density at radius 1 is 0.293 bits per heavy atom. The quantitative estimate of drug-likeness (QED) is 0.0721. The first kappa shape index (κ1) is 120. The number of hydrogen-bond acceptors (Lipinski definition) is 21. The zero-order valence-corrected chi connectivity index (χ0v) is 91.9. The van der Waals surface area contributed by atoms with Crippen LogP contribution < -0.4 is 0 Å². The molecule has 0 fully saturated rings. The van der Waals surface area contributed by atoms with Gasteiger partial charge in [-0.2, -0.15) is 0 Å². The third-order valence-corrected chi connectivity index (χ3v) is 24.2. The number of aromatic nitrogens is 12. The van der Waals surface area contributed by atoms with E-state index in [-0.39, 0.29) is 45.4 Å². The maximum Gasteiger partial charge on any atom is 0.410 e. The minimum absolute atomic E-state index is 0.219. The predicted octanol–water partition coefficient (Wildman–Crippen LogP) is 21.9. The number of rotatable bonds is 14. The van der Waals surface area contributed by atoms with Gasteiger partial charge in [-0.1, -0.05) is 60.7 Å². The van der Waals surface area contributed by atoms with Crippen LogP contribution >= 0.6 is 31.9 Å². The molecule has 0 spiro atoms. The van der Waals surface area contributed by atoms with Crippen molar-refractivity contribution in [3.63, 3.8) is 0 Å². The number of alkyl halides is 12. The number of ether oxygens (including phenoxy) is 7. The van der Waals surface area contributed by atoms with Gasteiger partial charge in [0.25, 0.3) is 38.6 Å². The molecule has 828 valence electrons. The third-order valence-electron chi connectivity index (χ3n) is 22.9. The zero-order valence-electron chi connectivity index (χ0n) is 88.7. The average molecular weight is 2260 g/mol. The van der Waals surface area contributed by atoms with Crippen LogP contribution in [0.25, 0.3) is 22.8 Å². The molecule has 0 saturated heterocycles. The molecule has 16 rings (SSSR count). The smallest absolute Gasteiger partial charge is 0.410 e. The molecule has 8 aliphatic rings. The normalized spacial score (nSPS) is 15.5. The first-order chi connectivity index (χ1) is 69.8. The van der Waals surface area contributed by atoms with Gasteiger partial charge < -0.3 is 94.9 Å². The molecule has 48 heteroatoms. The van der Waals surface area contributed by atoms with E-state index < -0.39 is 147 Å². The molecular formula is C102H138Br2F12N20O14. The number of fused-ring (bicyclic) bond motifs is 6. The fourth-order valence-corrected chi connectivity index (χ4v) is 17.8. The molecular weight excluding hydrogens is 2120 g/mol. The van der Waals surface area contributed by atoms with Gasteiger partial charge in [0.05, 0.1) is 155 Å². The molecule has 0 bridgehead atoms. The van der Waals surface area contributed by atoms with Crippen molar-refractivity contribution in [1.29, 1.82) is 0 Å². The molecule has 0 saturated carbocycles. The van der Waals surface area contributed by atoms with Gasteiger partial charge in [-0.05, 0) is 189 Å². The number of nitrogens with zero attached hydrogens (tertiary/aromatic N) is 20. The molecule has 8 aliphatic heterocycles. The lowest BCUT2D eigenvalue weighted by atomic mass is 10.1. The predicted molar refractivity (Wildman–Crippen MR) is 540 cm³/mol. The molecule has 0 unspecified atom stereocenters. The molecule has 14 heterocycles. The van der Waals surface area contributed by atoms with Crippen LogP contribution in [0.5, 0.6) is 0 Å². The van der Waals surface area contributed by atoms with Crippen LogP contribution in [0.4, 0.5) is 86.2 Å². The lowest BCUT2D eigenvalue weighted by molar-refractivity contribution is 0.0206. The van der Waals surface area contributed by atoms with E-state index in [1.807, 2.05) is 108 Å². The van der Waals surface area contributed by atoms with E-state index in [0.29, 0.717) is 146 Å². The first-order valence-electron chi connectivity index (χ1n) is 49.4. The summed E-state index contributed by atoms with van der Waals surface area (Å²) in [5.41, 5.74) is 8.65. The molecule has 2 aromatic carbocycles. The van der Waals surface area contributed by atoms with Crippen molar-refractivity contribution >= 4 is 80.7 Å². The van der Waals surface area contributed by atoms with E-state index in [9.17, 15) is 86.2 Å². The SMILES string of the molecule is CC(C)(C)OC(=O)N1CCC2=C(C1)N=CC2.CC(C)(C)OC(=O)N1CCc2c(nc(-c3ccccc3)n2CC(F)F)C1.CC(C)(C)OC(=O)N1CCc2c(nc(Br)n2CC(F)F)C1.CC(C)(C)OC(=O)N1CCc2c(ncn2CC(F)F)C1.CC(C)(C)OC(=O)N1CCc2nc(-c3ccccc3)n(CC(F)F)c2C1.CC(C)(C)OC(=O)N1CCc2nc(Br)n(CC(F)F)c2C1.CC(C)(C)OC(=O)N1CCc2ncn(CC(F)F)c2C1. The summed E-state index contributed by atoms with van der Waals surface area (Å²) < 4.78 is 200. The van der Waals surface area contributed by atoms with Crippen molar-refractivity contribution < 1.29 is 119 Å². The second kappa shape index (κ2) is 51.0. The topological polar surface area (TPSA) is 326 Å². The van der Waals surface area contributed by atoms with Gasteiger partial charge in [0.1, 0.15) is 50.9 Å². The number of halogens is 14. The Kier molecular flexibility index (Phi) is 40.8. The molecule has 0 radical (unpaired) electrons. The van der Waals surface area contributed by atoms with Crippen LogP contribution in [-0.2, 0) is 150 Å². The van der Waals surface area contributed by atoms with Crippen molar-refractivity contribution in [3.05, 3.63) is 162 Å². The minimum Gasteiger partial charge on any atom is -0.444 e. The van der Waals surface area contributed by atoms with Gasteiger partial charge >= 0.3 is 42.7 Å². The van der Waals surface area contributed by atoms with Gasteiger partial charge in [0, 0.05) is 125 Å². The highest BCUT2D eigenvalue weighted by Crippen LogP contribution is 2.36. The minimum atomic E-state index is -2.51. The largest absolute Gasteiger partial charge is 0.444 e. The number of carbonyl (C=O) groups excluding carboxylic acids is 7. The number of benzene rings is 2. The highest BCUT2D eigenvalue weighted by molar-refractivity contribution is 9.10. The van der Waals surface area contributed by atoms with E-state index in [0.717, 1.165) is 70.4 Å². The van der Waals surface area contributed by atoms with Crippen molar-refractivity contribution in [3.8, 4) is 22.8 Å². The van der Waals surface area contributed by atoms with Crippen molar-refractivity contribution in [2.24, 2.45) is 4.99 Å². The summed E-state index contributed by atoms with van der Waals surface area (Å²) in [6, 6.07) is 18.5.